The minimum atomic E-state index is 0. The third-order valence-electron chi connectivity index (χ3n) is 5.54. The number of halogens is 2. The Kier molecular flexibility index (Phi) is 6.04. The Labute approximate surface area is 147 Å². The normalized spacial score (nSPS) is 25.8. The summed E-state index contributed by atoms with van der Waals surface area (Å²) in [6, 6.07) is 7.07. The van der Waals surface area contributed by atoms with E-state index in [4.69, 9.17) is 0 Å². The first-order valence-electron chi connectivity index (χ1n) is 8.46. The molecule has 2 atom stereocenters. The Morgan fingerprint density at radius 1 is 1.14 bits per heavy atom. The van der Waals surface area contributed by atoms with Crippen LogP contribution in [-0.4, -0.2) is 37.6 Å². The van der Waals surface area contributed by atoms with E-state index in [9.17, 15) is 0 Å². The Bertz CT molecular complexity index is 506. The fraction of sp³-hybridized carbons (Fsp3) is 0.667. The smallest absolute Gasteiger partial charge is 0.0434 e. The van der Waals surface area contributed by atoms with Crippen molar-refractivity contribution in [3.05, 3.63) is 29.3 Å². The van der Waals surface area contributed by atoms with Crippen LogP contribution in [0.3, 0.4) is 0 Å². The van der Waals surface area contributed by atoms with Crippen molar-refractivity contribution in [1.29, 1.82) is 0 Å². The SMILES string of the molecule is CCCCN1C[C@@H]2CN3CCCc4cccc(c43)[C@@H]2C1.Cl.Cl. The van der Waals surface area contributed by atoms with E-state index in [-0.39, 0.29) is 24.8 Å². The molecule has 2 nitrogen and oxygen atoms in total. The van der Waals surface area contributed by atoms with E-state index < -0.39 is 0 Å². The zero-order valence-corrected chi connectivity index (χ0v) is 15.1. The fourth-order valence-corrected chi connectivity index (χ4v) is 4.60. The fourth-order valence-electron chi connectivity index (χ4n) is 4.60. The Morgan fingerprint density at radius 3 is 2.82 bits per heavy atom. The topological polar surface area (TPSA) is 6.48 Å². The summed E-state index contributed by atoms with van der Waals surface area (Å²) in [5, 5.41) is 0. The third kappa shape index (κ3) is 2.98. The van der Waals surface area contributed by atoms with Crippen LogP contribution in [0, 0.1) is 5.92 Å². The van der Waals surface area contributed by atoms with E-state index >= 15 is 0 Å². The van der Waals surface area contributed by atoms with Crippen molar-refractivity contribution in [3.63, 3.8) is 0 Å². The van der Waals surface area contributed by atoms with Crippen molar-refractivity contribution in [2.24, 2.45) is 5.92 Å². The quantitative estimate of drug-likeness (QED) is 0.815. The summed E-state index contributed by atoms with van der Waals surface area (Å²) < 4.78 is 0. The minimum absolute atomic E-state index is 0. The van der Waals surface area contributed by atoms with Crippen LogP contribution in [0.2, 0.25) is 0 Å². The molecule has 0 spiro atoms. The molecule has 22 heavy (non-hydrogen) atoms. The first kappa shape index (κ1) is 17.9. The van der Waals surface area contributed by atoms with Crippen molar-refractivity contribution in [2.75, 3.05) is 37.6 Å². The van der Waals surface area contributed by atoms with Gasteiger partial charge in [0, 0.05) is 37.8 Å². The van der Waals surface area contributed by atoms with Gasteiger partial charge in [-0.3, -0.25) is 0 Å². The molecule has 0 unspecified atom stereocenters. The van der Waals surface area contributed by atoms with Gasteiger partial charge in [0.1, 0.15) is 0 Å². The zero-order valence-electron chi connectivity index (χ0n) is 13.5. The van der Waals surface area contributed by atoms with Crippen LogP contribution in [-0.2, 0) is 6.42 Å². The molecule has 3 aliphatic heterocycles. The number of unbranched alkanes of at least 4 members (excludes halogenated alkanes) is 1. The van der Waals surface area contributed by atoms with E-state index in [0.717, 1.165) is 11.8 Å². The number of hydrogen-bond donors (Lipinski definition) is 0. The van der Waals surface area contributed by atoms with Gasteiger partial charge in [-0.25, -0.2) is 0 Å². The monoisotopic (exact) mass is 342 g/mol. The largest absolute Gasteiger partial charge is 0.371 e. The zero-order chi connectivity index (χ0) is 13.5. The van der Waals surface area contributed by atoms with Gasteiger partial charge in [-0.1, -0.05) is 31.5 Å². The Morgan fingerprint density at radius 2 is 2.00 bits per heavy atom. The second kappa shape index (κ2) is 7.42. The second-order valence-electron chi connectivity index (χ2n) is 6.88. The molecule has 1 saturated heterocycles. The molecule has 0 radical (unpaired) electrons. The lowest BCUT2D eigenvalue weighted by Crippen LogP contribution is -2.40. The minimum Gasteiger partial charge on any atom is -0.371 e. The molecule has 4 rings (SSSR count). The van der Waals surface area contributed by atoms with Crippen molar-refractivity contribution in [1.82, 2.24) is 4.90 Å². The lowest BCUT2D eigenvalue weighted by molar-refractivity contribution is 0.318. The lowest BCUT2D eigenvalue weighted by Gasteiger charge is -2.41. The number of likely N-dealkylation sites (tertiary alicyclic amines) is 1. The molecule has 0 aromatic heterocycles. The lowest BCUT2D eigenvalue weighted by atomic mass is 9.80. The van der Waals surface area contributed by atoms with Crippen LogP contribution < -0.4 is 4.90 Å². The average molecular weight is 343 g/mol. The van der Waals surface area contributed by atoms with Gasteiger partial charge >= 0.3 is 0 Å². The molecule has 0 N–H and O–H groups in total. The predicted octanol–water partition coefficient (Wildman–Crippen LogP) is 4.11. The van der Waals surface area contributed by atoms with E-state index in [1.54, 1.807) is 16.8 Å². The molecule has 4 heteroatoms. The average Bonchev–Trinajstić information content (AvgIpc) is 2.89. The number of hydrogen-bond acceptors (Lipinski definition) is 2. The second-order valence-corrected chi connectivity index (χ2v) is 6.88. The summed E-state index contributed by atoms with van der Waals surface area (Å²) in [6.07, 6.45) is 5.30. The molecule has 3 aliphatic rings. The molecule has 0 aliphatic carbocycles. The van der Waals surface area contributed by atoms with Crippen LogP contribution in [0.4, 0.5) is 5.69 Å². The summed E-state index contributed by atoms with van der Waals surface area (Å²) in [7, 11) is 0. The molecule has 0 saturated carbocycles. The van der Waals surface area contributed by atoms with Gasteiger partial charge in [0.05, 0.1) is 0 Å². The van der Waals surface area contributed by atoms with E-state index in [1.165, 1.54) is 58.4 Å². The number of fused-ring (bicyclic) bond motifs is 2. The molecular weight excluding hydrogens is 315 g/mol. The standard InChI is InChI=1S/C18H26N2.2ClH/c1-2-3-9-19-11-15-12-20-10-5-7-14-6-4-8-16(18(14)20)17(15)13-19;;/h4,6,8,15,17H,2-3,5,7,9-13H2,1H3;2*1H/t15-,17-;;/m1../s1. The maximum absolute atomic E-state index is 2.72. The van der Waals surface area contributed by atoms with Gasteiger partial charge in [0.15, 0.2) is 0 Å². The molecule has 0 amide bonds. The van der Waals surface area contributed by atoms with E-state index in [2.05, 4.69) is 34.9 Å². The van der Waals surface area contributed by atoms with Gasteiger partial charge in [-0.05, 0) is 42.9 Å². The van der Waals surface area contributed by atoms with Crippen molar-refractivity contribution in [2.45, 2.75) is 38.5 Å². The molecule has 1 aromatic carbocycles. The summed E-state index contributed by atoms with van der Waals surface area (Å²) in [4.78, 5) is 5.41. The van der Waals surface area contributed by atoms with Gasteiger partial charge in [0.25, 0.3) is 0 Å². The van der Waals surface area contributed by atoms with Crippen LogP contribution in [0.1, 0.15) is 43.2 Å². The first-order valence-corrected chi connectivity index (χ1v) is 8.46. The third-order valence-corrected chi connectivity index (χ3v) is 5.54. The highest BCUT2D eigenvalue weighted by atomic mass is 35.5. The van der Waals surface area contributed by atoms with Crippen molar-refractivity contribution < 1.29 is 0 Å². The predicted molar refractivity (Wildman–Crippen MR) is 99.1 cm³/mol. The highest BCUT2D eigenvalue weighted by Crippen LogP contribution is 2.45. The number of rotatable bonds is 3. The molecule has 124 valence electrons. The highest BCUT2D eigenvalue weighted by Gasteiger charge is 2.41. The van der Waals surface area contributed by atoms with Crippen LogP contribution >= 0.6 is 24.8 Å². The molecule has 1 aromatic rings. The first-order chi connectivity index (χ1) is 9.86. The van der Waals surface area contributed by atoms with E-state index in [1.807, 2.05) is 0 Å². The molecule has 0 bridgehead atoms. The molecular formula is C18H28Cl2N2. The van der Waals surface area contributed by atoms with Crippen LogP contribution in [0.25, 0.3) is 0 Å². The van der Waals surface area contributed by atoms with Crippen molar-refractivity contribution in [3.8, 4) is 0 Å². The Hall–Kier alpha value is -0.440. The maximum atomic E-state index is 2.72. The van der Waals surface area contributed by atoms with Gasteiger partial charge in [0.2, 0.25) is 0 Å². The summed E-state index contributed by atoms with van der Waals surface area (Å²) >= 11 is 0. The van der Waals surface area contributed by atoms with Crippen LogP contribution in [0.15, 0.2) is 18.2 Å². The van der Waals surface area contributed by atoms with Gasteiger partial charge in [-0.2, -0.15) is 0 Å². The van der Waals surface area contributed by atoms with E-state index in [0.29, 0.717) is 0 Å². The van der Waals surface area contributed by atoms with Crippen LogP contribution in [0.5, 0.6) is 0 Å². The van der Waals surface area contributed by atoms with Gasteiger partial charge in [-0.15, -0.1) is 24.8 Å². The number of para-hydroxylation sites is 1. The highest BCUT2D eigenvalue weighted by molar-refractivity contribution is 5.85. The number of anilines is 1. The maximum Gasteiger partial charge on any atom is 0.0434 e. The number of aryl methyl sites for hydroxylation is 1. The van der Waals surface area contributed by atoms with Gasteiger partial charge < -0.3 is 9.80 Å². The summed E-state index contributed by atoms with van der Waals surface area (Å²) in [5.41, 5.74) is 4.90. The number of benzene rings is 1. The summed E-state index contributed by atoms with van der Waals surface area (Å²) in [6.45, 7) is 8.81. The van der Waals surface area contributed by atoms with Crippen molar-refractivity contribution >= 4 is 30.5 Å². The number of nitrogens with zero attached hydrogens (tertiary/aromatic N) is 2. The Balaban J connectivity index is 0.000000882. The molecule has 1 fully saturated rings. The molecule has 3 heterocycles. The summed E-state index contributed by atoms with van der Waals surface area (Å²) in [5.74, 6) is 1.67.